The lowest BCUT2D eigenvalue weighted by atomic mass is 10.1. The summed E-state index contributed by atoms with van der Waals surface area (Å²) in [5.41, 5.74) is 0. The molecular weight excluding hydrogens is 208 g/mol. The Morgan fingerprint density at radius 2 is 1.80 bits per heavy atom. The molecule has 1 heterocycles. The second kappa shape index (κ2) is 6.26. The van der Waals surface area contributed by atoms with Gasteiger partial charge in [-0.25, -0.2) is 0 Å². The maximum Gasteiger partial charge on any atom is 0.0799 e. The van der Waals surface area contributed by atoms with Gasteiger partial charge in [-0.2, -0.15) is 0 Å². The van der Waals surface area contributed by atoms with Crippen molar-refractivity contribution in [3.8, 4) is 0 Å². The van der Waals surface area contributed by atoms with Crippen LogP contribution >= 0.6 is 11.3 Å². The first kappa shape index (κ1) is 12.7. The number of aryl methyl sites for hydroxylation is 2. The fourth-order valence-electron chi connectivity index (χ4n) is 1.47. The zero-order valence-electron chi connectivity index (χ0n) is 9.44. The lowest BCUT2D eigenvalue weighted by Gasteiger charge is -2.12. The molecule has 0 saturated heterocycles. The predicted molar refractivity (Wildman–Crippen MR) is 64.3 cm³/mol. The van der Waals surface area contributed by atoms with E-state index in [0.717, 1.165) is 12.8 Å². The van der Waals surface area contributed by atoms with Crippen LogP contribution in [-0.4, -0.2) is 22.4 Å². The monoisotopic (exact) mass is 228 g/mol. The van der Waals surface area contributed by atoms with E-state index in [2.05, 4.69) is 19.1 Å². The van der Waals surface area contributed by atoms with E-state index in [0.29, 0.717) is 6.42 Å². The minimum atomic E-state index is -0.625. The Bertz CT molecular complexity index is 281. The zero-order valence-corrected chi connectivity index (χ0v) is 10.3. The molecule has 86 valence electrons. The van der Waals surface area contributed by atoms with Crippen LogP contribution in [0.5, 0.6) is 0 Å². The van der Waals surface area contributed by atoms with Gasteiger partial charge in [-0.15, -0.1) is 11.3 Å². The summed E-state index contributed by atoms with van der Waals surface area (Å²) in [5, 5.41) is 18.6. The van der Waals surface area contributed by atoms with Gasteiger partial charge in [-0.3, -0.25) is 0 Å². The third-order valence-electron chi connectivity index (χ3n) is 2.46. The van der Waals surface area contributed by atoms with Crippen molar-refractivity contribution in [3.05, 3.63) is 21.9 Å². The summed E-state index contributed by atoms with van der Waals surface area (Å²) in [6.07, 6.45) is 2.60. The molecule has 1 rings (SSSR count). The topological polar surface area (TPSA) is 40.5 Å². The molecule has 0 aliphatic rings. The molecule has 3 heteroatoms. The van der Waals surface area contributed by atoms with E-state index in [1.807, 2.05) is 11.3 Å². The van der Waals surface area contributed by atoms with Gasteiger partial charge in [0.25, 0.3) is 0 Å². The number of aliphatic hydroxyl groups excluding tert-OH is 2. The van der Waals surface area contributed by atoms with E-state index in [9.17, 15) is 5.11 Å². The van der Waals surface area contributed by atoms with Gasteiger partial charge in [-0.1, -0.05) is 13.3 Å². The van der Waals surface area contributed by atoms with Crippen LogP contribution in [0, 0.1) is 0 Å². The van der Waals surface area contributed by atoms with Crippen molar-refractivity contribution < 1.29 is 10.2 Å². The molecule has 0 bridgehead atoms. The van der Waals surface area contributed by atoms with E-state index < -0.39 is 12.2 Å². The lowest BCUT2D eigenvalue weighted by molar-refractivity contribution is 0.0266. The summed E-state index contributed by atoms with van der Waals surface area (Å²) >= 11 is 1.82. The summed E-state index contributed by atoms with van der Waals surface area (Å²) in [6, 6.07) is 4.29. The molecule has 0 aliphatic carbocycles. The fourth-order valence-corrected chi connectivity index (χ4v) is 2.60. The average molecular weight is 228 g/mol. The second-order valence-corrected chi connectivity index (χ2v) is 5.22. The number of hydrogen-bond donors (Lipinski definition) is 2. The highest BCUT2D eigenvalue weighted by Crippen LogP contribution is 2.20. The van der Waals surface area contributed by atoms with Crippen molar-refractivity contribution >= 4 is 11.3 Å². The quantitative estimate of drug-likeness (QED) is 0.785. The Labute approximate surface area is 95.6 Å². The Morgan fingerprint density at radius 1 is 1.20 bits per heavy atom. The summed E-state index contributed by atoms with van der Waals surface area (Å²) in [7, 11) is 0. The molecule has 0 spiro atoms. The molecule has 0 radical (unpaired) electrons. The van der Waals surface area contributed by atoms with Crippen molar-refractivity contribution in [3.63, 3.8) is 0 Å². The van der Waals surface area contributed by atoms with Crippen LogP contribution in [0.3, 0.4) is 0 Å². The van der Waals surface area contributed by atoms with Crippen LogP contribution in [0.15, 0.2) is 12.1 Å². The maximum atomic E-state index is 9.45. The van der Waals surface area contributed by atoms with E-state index in [1.165, 1.54) is 16.2 Å². The molecule has 2 nitrogen and oxygen atoms in total. The van der Waals surface area contributed by atoms with Crippen molar-refractivity contribution in [1.29, 1.82) is 0 Å². The highest BCUT2D eigenvalue weighted by atomic mass is 32.1. The minimum absolute atomic E-state index is 0.596. The molecule has 1 aromatic heterocycles. The lowest BCUT2D eigenvalue weighted by Crippen LogP contribution is -2.22. The first-order valence-electron chi connectivity index (χ1n) is 5.57. The smallest absolute Gasteiger partial charge is 0.0799 e. The highest BCUT2D eigenvalue weighted by molar-refractivity contribution is 7.11. The molecule has 0 aliphatic heterocycles. The van der Waals surface area contributed by atoms with E-state index in [4.69, 9.17) is 5.11 Å². The Morgan fingerprint density at radius 3 is 2.33 bits per heavy atom. The van der Waals surface area contributed by atoms with Gasteiger partial charge >= 0.3 is 0 Å². The summed E-state index contributed by atoms with van der Waals surface area (Å²) < 4.78 is 0. The molecule has 2 atom stereocenters. The molecule has 2 N–H and O–H groups in total. The molecule has 0 aromatic carbocycles. The Hall–Kier alpha value is -0.380. The number of rotatable bonds is 6. The van der Waals surface area contributed by atoms with Crippen LogP contribution < -0.4 is 0 Å². The van der Waals surface area contributed by atoms with Gasteiger partial charge in [0, 0.05) is 9.75 Å². The second-order valence-electron chi connectivity index (χ2n) is 3.96. The molecule has 0 fully saturated rings. The summed E-state index contributed by atoms with van der Waals surface area (Å²) in [5.74, 6) is 0. The summed E-state index contributed by atoms with van der Waals surface area (Å²) in [4.78, 5) is 2.72. The normalized spacial score (nSPS) is 15.2. The Kier molecular flexibility index (Phi) is 5.29. The van der Waals surface area contributed by atoms with Crippen molar-refractivity contribution in [2.75, 3.05) is 0 Å². The third kappa shape index (κ3) is 4.33. The van der Waals surface area contributed by atoms with Gasteiger partial charge in [0.2, 0.25) is 0 Å². The average Bonchev–Trinajstić information content (AvgIpc) is 2.62. The summed E-state index contributed by atoms with van der Waals surface area (Å²) in [6.45, 7) is 3.80. The minimum Gasteiger partial charge on any atom is -0.391 e. The van der Waals surface area contributed by atoms with Crippen LogP contribution in [0.4, 0.5) is 0 Å². The fraction of sp³-hybridized carbons (Fsp3) is 0.667. The number of hydrogen-bond acceptors (Lipinski definition) is 3. The standard InChI is InChI=1S/C12H20O2S/c1-3-4-10-5-6-11(15-10)7-8-12(14)9(2)13/h5-6,9,12-14H,3-4,7-8H2,1-2H3. The largest absolute Gasteiger partial charge is 0.391 e. The zero-order chi connectivity index (χ0) is 11.3. The van der Waals surface area contributed by atoms with Crippen molar-refractivity contribution in [2.24, 2.45) is 0 Å². The van der Waals surface area contributed by atoms with Gasteiger partial charge in [0.1, 0.15) is 0 Å². The SMILES string of the molecule is CCCc1ccc(CCC(O)C(C)O)s1. The van der Waals surface area contributed by atoms with Crippen molar-refractivity contribution in [2.45, 2.75) is 51.7 Å². The predicted octanol–water partition coefficient (Wildman–Crippen LogP) is 2.37. The molecule has 0 amide bonds. The van der Waals surface area contributed by atoms with Crippen LogP contribution in [0.1, 0.15) is 36.4 Å². The molecule has 2 unspecified atom stereocenters. The van der Waals surface area contributed by atoms with Crippen molar-refractivity contribution in [1.82, 2.24) is 0 Å². The molecule has 1 aromatic rings. The van der Waals surface area contributed by atoms with E-state index in [-0.39, 0.29) is 0 Å². The van der Waals surface area contributed by atoms with Crippen LogP contribution in [0.25, 0.3) is 0 Å². The molecule has 15 heavy (non-hydrogen) atoms. The first-order chi connectivity index (χ1) is 7.13. The van der Waals surface area contributed by atoms with Crippen LogP contribution in [-0.2, 0) is 12.8 Å². The van der Waals surface area contributed by atoms with Gasteiger partial charge in [0.05, 0.1) is 12.2 Å². The molecular formula is C12H20O2S. The van der Waals surface area contributed by atoms with Gasteiger partial charge < -0.3 is 10.2 Å². The van der Waals surface area contributed by atoms with Gasteiger partial charge in [0.15, 0.2) is 0 Å². The molecule has 0 saturated carbocycles. The van der Waals surface area contributed by atoms with Gasteiger partial charge in [-0.05, 0) is 38.3 Å². The maximum absolute atomic E-state index is 9.45. The Balaban J connectivity index is 2.37. The third-order valence-corrected chi connectivity index (χ3v) is 3.66. The highest BCUT2D eigenvalue weighted by Gasteiger charge is 2.11. The van der Waals surface area contributed by atoms with E-state index >= 15 is 0 Å². The number of thiophene rings is 1. The van der Waals surface area contributed by atoms with E-state index in [1.54, 1.807) is 6.92 Å². The first-order valence-corrected chi connectivity index (χ1v) is 6.38. The van der Waals surface area contributed by atoms with Crippen LogP contribution in [0.2, 0.25) is 0 Å². The number of aliphatic hydroxyl groups is 2.